The number of aliphatic hydroxyl groups excluding tert-OH is 21. The van der Waals surface area contributed by atoms with Crippen LogP contribution in [0.3, 0.4) is 0 Å². The molecule has 47 heteroatoms. The summed E-state index contributed by atoms with van der Waals surface area (Å²) < 4.78 is 116. The van der Waals surface area contributed by atoms with Crippen LogP contribution in [0.4, 0.5) is 0 Å². The van der Waals surface area contributed by atoms with Gasteiger partial charge in [-0.05, 0) is 130 Å². The second kappa shape index (κ2) is 45.9. The maximum Gasteiger partial charge on any atom is 0.335 e. The number of aldehydes is 1. The number of ether oxygens (including phenoxy) is 19. The number of esters is 4. The lowest BCUT2D eigenvalue weighted by Crippen LogP contribution is -2.69. The molecule has 0 aromatic rings. The molecule has 0 radical (unpaired) electrons. The van der Waals surface area contributed by atoms with Gasteiger partial charge in [-0.25, -0.2) is 4.79 Å². The van der Waals surface area contributed by atoms with Crippen molar-refractivity contribution < 1.29 is 231 Å². The van der Waals surface area contributed by atoms with E-state index in [2.05, 4.69) is 19.9 Å². The molecule has 0 unspecified atom stereocenters. The second-order valence-electron chi connectivity index (χ2n) is 43.5. The van der Waals surface area contributed by atoms with Crippen molar-refractivity contribution in [3.8, 4) is 0 Å². The molecule has 53 atom stereocenters. The zero-order valence-corrected chi connectivity index (χ0v) is 82.3. The quantitative estimate of drug-likeness (QED) is 0.00932. The fourth-order valence-corrected chi connectivity index (χ4v) is 24.7. The van der Waals surface area contributed by atoms with E-state index >= 15 is 4.79 Å². The molecular formula is C95H152O47. The molecule has 13 aliphatic rings. The van der Waals surface area contributed by atoms with Crippen LogP contribution in [0, 0.1) is 62.1 Å². The van der Waals surface area contributed by atoms with Crippen LogP contribution in [0.25, 0.3) is 0 Å². The van der Waals surface area contributed by atoms with Gasteiger partial charge in [-0.15, -0.1) is 0 Å². The molecule has 142 heavy (non-hydrogen) atoms. The first-order valence-corrected chi connectivity index (χ1v) is 49.7. The van der Waals surface area contributed by atoms with Crippen LogP contribution in [-0.4, -0.2) is 439 Å². The Hall–Kier alpha value is -4.68. The second-order valence-corrected chi connectivity index (χ2v) is 43.5. The summed E-state index contributed by atoms with van der Waals surface area (Å²) in [4.78, 5) is 86.6. The lowest BCUT2D eigenvalue weighted by molar-refractivity contribution is -0.394. The molecule has 12 fully saturated rings. The highest BCUT2D eigenvalue weighted by molar-refractivity contribution is 5.80. The van der Waals surface area contributed by atoms with Gasteiger partial charge in [0.1, 0.15) is 152 Å². The van der Waals surface area contributed by atoms with Gasteiger partial charge in [0.2, 0.25) is 6.29 Å². The van der Waals surface area contributed by atoms with Crippen molar-refractivity contribution in [3.05, 3.63) is 11.6 Å². The topological polar surface area (TPSA) is 723 Å². The fraction of sp³-hybridized carbons (Fsp3) is 0.916. The first kappa shape index (κ1) is 114. The van der Waals surface area contributed by atoms with Gasteiger partial charge in [-0.1, -0.05) is 93.7 Å². The van der Waals surface area contributed by atoms with Crippen LogP contribution in [-0.2, 0) is 119 Å². The summed E-state index contributed by atoms with van der Waals surface area (Å²) in [6, 6.07) is 0. The van der Waals surface area contributed by atoms with Crippen molar-refractivity contribution in [3.63, 3.8) is 0 Å². The number of allylic oxidation sites excluding steroid dienone is 2. The molecule has 8 saturated heterocycles. The van der Waals surface area contributed by atoms with Crippen molar-refractivity contribution in [1.82, 2.24) is 0 Å². The average Bonchev–Trinajstić information content (AvgIpc) is 0.712. The van der Waals surface area contributed by atoms with E-state index in [-0.39, 0.29) is 56.8 Å². The smallest absolute Gasteiger partial charge is 0.335 e. The van der Waals surface area contributed by atoms with E-state index in [1.54, 1.807) is 27.7 Å². The molecule has 8 heterocycles. The molecule has 5 aliphatic carbocycles. The van der Waals surface area contributed by atoms with Crippen molar-refractivity contribution in [2.24, 2.45) is 62.1 Å². The molecule has 22 N–H and O–H groups in total. The molecule has 0 aromatic heterocycles. The molecule has 0 amide bonds. The van der Waals surface area contributed by atoms with Crippen LogP contribution < -0.4 is 0 Å². The number of aliphatic carboxylic acids is 1. The lowest BCUT2D eigenvalue weighted by Gasteiger charge is -2.71. The Balaban J connectivity index is 0.769. The van der Waals surface area contributed by atoms with Gasteiger partial charge in [0, 0.05) is 19.8 Å². The highest BCUT2D eigenvalue weighted by Crippen LogP contribution is 2.76. The Morgan fingerprint density at radius 3 is 1.60 bits per heavy atom. The van der Waals surface area contributed by atoms with E-state index < -0.39 is 383 Å². The van der Waals surface area contributed by atoms with Gasteiger partial charge in [-0.2, -0.15) is 0 Å². The molecule has 0 aromatic carbocycles. The molecule has 4 saturated carbocycles. The monoisotopic (exact) mass is 2040 g/mol. The Kier molecular flexibility index (Phi) is 37.0. The van der Waals surface area contributed by atoms with Crippen molar-refractivity contribution in [2.75, 3.05) is 26.4 Å². The number of hydrogen-bond donors (Lipinski definition) is 22. The molecular weight excluding hydrogens is 1890 g/mol. The first-order valence-electron chi connectivity index (χ1n) is 49.7. The standard InChI is InChI=1S/C95H152O47/c1-15-36(3)48(130-56(105)27-43(101)26-49(37(4)16-2)131-85-66(115)61(110)51(32-97)132-85)25-42(100)28-57(106)135-73-40(7)128-87(79(77(73)129-41(8)99)141-84-69(118)64(113)72(39(6)127-84)136-82-71(120)74(47(103)34-125-82)137-81-65(114)59(108)46(102)33-124-81)142-89(123)95-24-23-90(9,10)29-45(95)44-17-18-53-91(11)21-20-55(92(12,35-98)52(91)19-22-93(53,13)94(44,14)30-54(95)104)134-88-78(140-86-68(117)63(112)60(109)50(31-96)133-86)75(70(119)76(139-88)80(121)122)138-83-67(116)62(111)58(107)38(5)126-83/h17,35-40,42-43,45-55,58-79,81-88,96-97,100-104,107-120H,15-16,18-34H2,1-14H3,(H,121,122)/t36-,37-,38-,39-,40+,42-,43-,45-,46+,47+,48-,49-,50+,51-,52+,53+,54+,55-,58-,59-,60-,61-,62+,63-,64-,65+,66+,67+,68+,69+,70-,71+,72-,73-,74-,75-,76-,77-,78+,79+,81-,82-,83+,84-,85+,86-,87-,88+,91-,92-,93+,94+,95+/m0/s1. The summed E-state index contributed by atoms with van der Waals surface area (Å²) in [6.07, 6.45) is -71.8. The SMILES string of the molecule is CC[C@H](C)[C@H](C[C@H](O)CC(=O)O[C@@H]1[C@H](OC(C)=O)[C@@H](O[C@@H]2O[C@@H](C)[C@H](O[C@@H]3OC[C@@H](O)[C@H](O[C@@H]4OC[C@@H](O)[C@H](O)[C@H]4O)[C@H]3O)[C@@H](O)[C@H]2O)[C@H](OC(=O)[C@]23CCC(C)(C)C[C@H]2C2=CC[C@@H]4[C@@]5(C)CC[C@H](O[C@@H]6O[C@H](C(=O)O)[C@@H](O)[C@H](O[C@H]7O[C@@H](C)[C@H](O)[C@@H](O)[C@H]7O)[C@H]6O[C@@H]6O[C@H](CO)[C@H](O)[C@H](O)[C@H]6O)[C@@](C)(C=O)[C@@H]5CC[C@@]4(C)[C@]2(C)C[C@H]3O)O[C@@H]1C)OC(=O)C[C@@H](O)C[C@H](O[C@@H]1O[C@@H](CO)[C@H](O)[C@H]1O)[C@@H](C)CC. The minimum atomic E-state index is -2.28. The third-order valence-corrected chi connectivity index (χ3v) is 33.8. The normalized spacial score (nSPS) is 48.3. The highest BCUT2D eigenvalue weighted by Gasteiger charge is 2.74. The zero-order valence-electron chi connectivity index (χ0n) is 82.3. The minimum Gasteiger partial charge on any atom is -0.479 e. The molecule has 13 rings (SSSR count). The maximum atomic E-state index is 16.6. The largest absolute Gasteiger partial charge is 0.479 e. The number of carboxylic acids is 1. The number of fused-ring (bicyclic) bond motifs is 7. The third kappa shape index (κ3) is 22.5. The Morgan fingerprint density at radius 2 is 0.986 bits per heavy atom. The van der Waals surface area contributed by atoms with Crippen LogP contribution >= 0.6 is 0 Å². The van der Waals surface area contributed by atoms with E-state index in [1.807, 2.05) is 27.7 Å². The number of aliphatic hydroxyl groups is 21. The van der Waals surface area contributed by atoms with E-state index in [4.69, 9.17) is 90.0 Å². The molecule has 0 bridgehead atoms. The Bertz CT molecular complexity index is 4250. The fourth-order valence-electron chi connectivity index (χ4n) is 24.7. The molecule has 8 aliphatic heterocycles. The predicted molar refractivity (Wildman–Crippen MR) is 472 cm³/mol. The van der Waals surface area contributed by atoms with Crippen LogP contribution in [0.2, 0.25) is 0 Å². The van der Waals surface area contributed by atoms with Crippen molar-refractivity contribution >= 4 is 36.1 Å². The first-order chi connectivity index (χ1) is 66.6. The van der Waals surface area contributed by atoms with Crippen molar-refractivity contribution in [2.45, 2.75) is 457 Å². The molecule has 814 valence electrons. The minimum absolute atomic E-state index is 0.0109. The van der Waals surface area contributed by atoms with E-state index in [1.165, 1.54) is 20.8 Å². The van der Waals surface area contributed by atoms with Gasteiger partial charge in [0.05, 0.1) is 93.5 Å². The predicted octanol–water partition coefficient (Wildman–Crippen LogP) is -4.73. The summed E-state index contributed by atoms with van der Waals surface area (Å²) >= 11 is 0. The van der Waals surface area contributed by atoms with Crippen LogP contribution in [0.15, 0.2) is 11.6 Å². The summed E-state index contributed by atoms with van der Waals surface area (Å²) in [5, 5.41) is 245. The lowest BCUT2D eigenvalue weighted by atomic mass is 9.33. The van der Waals surface area contributed by atoms with Gasteiger partial charge >= 0.3 is 29.8 Å². The number of carbonyl (C=O) groups excluding carboxylic acids is 5. The Labute approximate surface area is 821 Å². The average molecular weight is 2050 g/mol. The van der Waals surface area contributed by atoms with E-state index in [9.17, 15) is 136 Å². The number of hydrogen-bond acceptors (Lipinski definition) is 46. The van der Waals surface area contributed by atoms with Gasteiger partial charge in [-0.3, -0.25) is 19.2 Å². The van der Waals surface area contributed by atoms with Crippen molar-refractivity contribution in [1.29, 1.82) is 0 Å². The summed E-state index contributed by atoms with van der Waals surface area (Å²) in [5.74, 6) is -8.46. The summed E-state index contributed by atoms with van der Waals surface area (Å²) in [5.41, 5.74) is -5.70. The van der Waals surface area contributed by atoms with Gasteiger partial charge in [0.15, 0.2) is 68.4 Å². The van der Waals surface area contributed by atoms with Crippen LogP contribution in [0.5, 0.6) is 0 Å². The molecule has 47 nitrogen and oxygen atoms in total. The zero-order chi connectivity index (χ0) is 104. The molecule has 0 spiro atoms. The Morgan fingerprint density at radius 1 is 0.472 bits per heavy atom. The van der Waals surface area contributed by atoms with Gasteiger partial charge in [0.25, 0.3) is 0 Å². The van der Waals surface area contributed by atoms with E-state index in [0.29, 0.717) is 38.5 Å². The van der Waals surface area contributed by atoms with Crippen LogP contribution in [0.1, 0.15) is 193 Å². The number of carboxylic acid groups (broad SMARTS) is 1. The number of rotatable bonds is 35. The van der Waals surface area contributed by atoms with Gasteiger partial charge < -0.3 is 207 Å². The summed E-state index contributed by atoms with van der Waals surface area (Å²) in [7, 11) is 0. The highest BCUT2D eigenvalue weighted by atomic mass is 16.8. The maximum absolute atomic E-state index is 16.6. The number of carbonyl (C=O) groups is 6. The van der Waals surface area contributed by atoms with E-state index in [0.717, 1.165) is 18.8 Å². The third-order valence-electron chi connectivity index (χ3n) is 33.8. The summed E-state index contributed by atoms with van der Waals surface area (Å²) in [6.45, 7) is 21.5.